The summed E-state index contributed by atoms with van der Waals surface area (Å²) in [4.78, 5) is 16.4. The number of aromatic nitrogens is 4. The van der Waals surface area contributed by atoms with Crippen molar-refractivity contribution in [3.8, 4) is 0 Å². The summed E-state index contributed by atoms with van der Waals surface area (Å²) in [6.07, 6.45) is -4.37. The standard InChI is InChI=1S/C18H13F3N4S/c1-10-16(23-13-5-3-2-4-12(13)22-10)9-26-17-24-14-7-6-11(18(19,20)21)8-15(14)25-17/h2-8H,9H2,1H3,(H,24,25). The molecule has 8 heteroatoms. The minimum atomic E-state index is -4.37. The Morgan fingerprint density at radius 1 is 0.962 bits per heavy atom. The van der Waals surface area contributed by atoms with Gasteiger partial charge in [0, 0.05) is 5.75 Å². The molecule has 4 nitrogen and oxygen atoms in total. The highest BCUT2D eigenvalue weighted by molar-refractivity contribution is 7.98. The monoisotopic (exact) mass is 374 g/mol. The van der Waals surface area contributed by atoms with E-state index in [4.69, 9.17) is 0 Å². The lowest BCUT2D eigenvalue weighted by molar-refractivity contribution is -0.137. The number of halogens is 3. The Hall–Kier alpha value is -2.61. The summed E-state index contributed by atoms with van der Waals surface area (Å²) in [5.41, 5.74) is 3.47. The summed E-state index contributed by atoms with van der Waals surface area (Å²) in [5, 5.41) is 0.550. The smallest absolute Gasteiger partial charge is 0.333 e. The molecule has 0 aliphatic rings. The summed E-state index contributed by atoms with van der Waals surface area (Å²) < 4.78 is 38.4. The number of H-pyrrole nitrogens is 1. The average Bonchev–Trinajstić information content (AvgIpc) is 3.01. The van der Waals surface area contributed by atoms with Crippen molar-refractivity contribution in [2.75, 3.05) is 0 Å². The van der Waals surface area contributed by atoms with E-state index in [1.165, 1.54) is 17.8 Å². The zero-order chi connectivity index (χ0) is 18.3. The Labute approximate surface area is 150 Å². The molecule has 0 aliphatic carbocycles. The number of alkyl halides is 3. The number of hydrogen-bond acceptors (Lipinski definition) is 4. The van der Waals surface area contributed by atoms with Crippen LogP contribution in [0.2, 0.25) is 0 Å². The molecule has 2 heterocycles. The van der Waals surface area contributed by atoms with Gasteiger partial charge in [0.2, 0.25) is 0 Å². The van der Waals surface area contributed by atoms with Gasteiger partial charge in [0.05, 0.1) is 39.0 Å². The van der Waals surface area contributed by atoms with Crippen molar-refractivity contribution in [2.45, 2.75) is 24.0 Å². The van der Waals surface area contributed by atoms with E-state index in [0.717, 1.165) is 34.6 Å². The van der Waals surface area contributed by atoms with E-state index in [-0.39, 0.29) is 0 Å². The molecule has 4 rings (SSSR count). The zero-order valence-corrected chi connectivity index (χ0v) is 14.4. The largest absolute Gasteiger partial charge is 0.416 e. The first kappa shape index (κ1) is 16.8. The number of aromatic amines is 1. The highest BCUT2D eigenvalue weighted by atomic mass is 32.2. The van der Waals surface area contributed by atoms with E-state index in [1.54, 1.807) is 0 Å². The lowest BCUT2D eigenvalue weighted by Crippen LogP contribution is -2.04. The van der Waals surface area contributed by atoms with Crippen molar-refractivity contribution in [1.82, 2.24) is 19.9 Å². The number of hydrogen-bond donors (Lipinski definition) is 1. The number of fused-ring (bicyclic) bond motifs is 2. The van der Waals surface area contributed by atoms with Crippen LogP contribution in [0.5, 0.6) is 0 Å². The zero-order valence-electron chi connectivity index (χ0n) is 13.6. The minimum absolute atomic E-state index is 0.364. The fourth-order valence-electron chi connectivity index (χ4n) is 2.63. The van der Waals surface area contributed by atoms with Crippen LogP contribution in [0.4, 0.5) is 13.2 Å². The minimum Gasteiger partial charge on any atom is -0.333 e. The number of para-hydroxylation sites is 2. The van der Waals surface area contributed by atoms with Gasteiger partial charge >= 0.3 is 6.18 Å². The second-order valence-corrected chi connectivity index (χ2v) is 6.77. The van der Waals surface area contributed by atoms with E-state index >= 15 is 0 Å². The molecule has 0 atom stereocenters. The maximum atomic E-state index is 12.8. The third-order valence-electron chi connectivity index (χ3n) is 3.98. The molecule has 132 valence electrons. The average molecular weight is 374 g/mol. The molecule has 26 heavy (non-hydrogen) atoms. The van der Waals surface area contributed by atoms with Crippen LogP contribution < -0.4 is 0 Å². The molecular weight excluding hydrogens is 361 g/mol. The maximum absolute atomic E-state index is 12.8. The molecule has 2 aromatic carbocycles. The first-order valence-corrected chi connectivity index (χ1v) is 8.81. The van der Waals surface area contributed by atoms with Crippen molar-refractivity contribution >= 4 is 33.8 Å². The highest BCUT2D eigenvalue weighted by Crippen LogP contribution is 2.32. The predicted octanol–water partition coefficient (Wildman–Crippen LogP) is 5.13. The van der Waals surface area contributed by atoms with E-state index in [2.05, 4.69) is 19.9 Å². The van der Waals surface area contributed by atoms with Crippen molar-refractivity contribution in [3.63, 3.8) is 0 Å². The fourth-order valence-corrected chi connectivity index (χ4v) is 3.52. The van der Waals surface area contributed by atoms with Crippen LogP contribution in [-0.4, -0.2) is 19.9 Å². The lowest BCUT2D eigenvalue weighted by atomic mass is 10.2. The van der Waals surface area contributed by atoms with Gasteiger partial charge < -0.3 is 4.98 Å². The highest BCUT2D eigenvalue weighted by Gasteiger charge is 2.30. The van der Waals surface area contributed by atoms with Crippen LogP contribution in [0.3, 0.4) is 0 Å². The van der Waals surface area contributed by atoms with Crippen molar-refractivity contribution in [3.05, 3.63) is 59.4 Å². The molecule has 4 aromatic rings. The molecule has 0 bridgehead atoms. The summed E-state index contributed by atoms with van der Waals surface area (Å²) in [6.45, 7) is 1.89. The lowest BCUT2D eigenvalue weighted by Gasteiger charge is -2.05. The van der Waals surface area contributed by atoms with Crippen LogP contribution in [-0.2, 0) is 11.9 Å². The van der Waals surface area contributed by atoms with Gasteiger partial charge in [0.1, 0.15) is 0 Å². The van der Waals surface area contributed by atoms with Gasteiger partial charge in [0.25, 0.3) is 0 Å². The third kappa shape index (κ3) is 3.24. The van der Waals surface area contributed by atoms with Gasteiger partial charge in [-0.3, -0.25) is 0 Å². The number of nitrogens with one attached hydrogen (secondary N) is 1. The van der Waals surface area contributed by atoms with Crippen molar-refractivity contribution < 1.29 is 13.2 Å². The summed E-state index contributed by atoms with van der Waals surface area (Å²) >= 11 is 1.38. The van der Waals surface area contributed by atoms with Crippen LogP contribution in [0, 0.1) is 6.92 Å². The Morgan fingerprint density at radius 3 is 2.42 bits per heavy atom. The second kappa shape index (κ2) is 6.28. The molecule has 0 unspecified atom stereocenters. The van der Waals surface area contributed by atoms with Crippen LogP contribution in [0.1, 0.15) is 17.0 Å². The molecule has 0 radical (unpaired) electrons. The Bertz CT molecular complexity index is 1100. The van der Waals surface area contributed by atoms with Crippen molar-refractivity contribution in [1.29, 1.82) is 0 Å². The molecule has 2 aromatic heterocycles. The number of aryl methyl sites for hydroxylation is 1. The van der Waals surface area contributed by atoms with Gasteiger partial charge in [-0.1, -0.05) is 23.9 Å². The third-order valence-corrected chi connectivity index (χ3v) is 4.86. The molecular formula is C18H13F3N4S. The topological polar surface area (TPSA) is 54.5 Å². The van der Waals surface area contributed by atoms with Gasteiger partial charge in [-0.25, -0.2) is 15.0 Å². The Morgan fingerprint density at radius 2 is 1.69 bits per heavy atom. The molecule has 0 spiro atoms. The number of benzene rings is 2. The first-order valence-electron chi connectivity index (χ1n) is 7.82. The van der Waals surface area contributed by atoms with Gasteiger partial charge in [-0.2, -0.15) is 13.2 Å². The molecule has 0 fully saturated rings. The molecule has 0 saturated heterocycles. The summed E-state index contributed by atoms with van der Waals surface area (Å²) in [5.74, 6) is 0.523. The molecule has 0 saturated carbocycles. The van der Waals surface area contributed by atoms with E-state index < -0.39 is 11.7 Å². The molecule has 1 N–H and O–H groups in total. The number of thioether (sulfide) groups is 1. The van der Waals surface area contributed by atoms with E-state index in [9.17, 15) is 13.2 Å². The SMILES string of the molecule is Cc1nc2ccccc2nc1CSc1nc2ccc(C(F)(F)F)cc2[nH]1. The second-order valence-electron chi connectivity index (χ2n) is 5.80. The fraction of sp³-hybridized carbons (Fsp3) is 0.167. The van der Waals surface area contributed by atoms with Crippen LogP contribution >= 0.6 is 11.8 Å². The van der Waals surface area contributed by atoms with Gasteiger partial charge in [0.15, 0.2) is 5.16 Å². The van der Waals surface area contributed by atoms with Crippen LogP contribution in [0.15, 0.2) is 47.6 Å². The molecule has 0 amide bonds. The number of rotatable bonds is 3. The quantitative estimate of drug-likeness (QED) is 0.506. The first-order chi connectivity index (χ1) is 12.4. The number of imidazole rings is 1. The van der Waals surface area contributed by atoms with Gasteiger partial charge in [-0.05, 0) is 37.3 Å². The Balaban J connectivity index is 1.59. The van der Waals surface area contributed by atoms with E-state index in [0.29, 0.717) is 21.9 Å². The normalized spacial score (nSPS) is 12.2. The summed E-state index contributed by atoms with van der Waals surface area (Å²) in [6, 6.07) is 11.1. The maximum Gasteiger partial charge on any atom is 0.416 e. The predicted molar refractivity (Wildman–Crippen MR) is 94.9 cm³/mol. The van der Waals surface area contributed by atoms with Gasteiger partial charge in [-0.15, -0.1) is 0 Å². The summed E-state index contributed by atoms with van der Waals surface area (Å²) in [7, 11) is 0. The Kier molecular flexibility index (Phi) is 4.07. The van der Waals surface area contributed by atoms with E-state index in [1.807, 2.05) is 31.2 Å². The van der Waals surface area contributed by atoms with Crippen molar-refractivity contribution in [2.24, 2.45) is 0 Å². The van der Waals surface area contributed by atoms with Crippen LogP contribution in [0.25, 0.3) is 22.1 Å². The molecule has 0 aliphatic heterocycles. The number of nitrogens with zero attached hydrogens (tertiary/aromatic N) is 3.